The fourth-order valence-electron chi connectivity index (χ4n) is 1.76. The van der Waals surface area contributed by atoms with Crippen LogP contribution >= 0.6 is 0 Å². The zero-order chi connectivity index (χ0) is 14.3. The van der Waals surface area contributed by atoms with E-state index in [1.807, 2.05) is 0 Å². The van der Waals surface area contributed by atoms with Crippen molar-refractivity contribution in [3.8, 4) is 0 Å². The summed E-state index contributed by atoms with van der Waals surface area (Å²) in [5, 5.41) is 4.56. The van der Waals surface area contributed by atoms with Crippen LogP contribution in [-0.2, 0) is 26.4 Å². The molecule has 0 aromatic heterocycles. The topological polar surface area (TPSA) is 3.24 Å². The average molecular weight is 521 g/mol. The molecule has 0 fully saturated rings. The summed E-state index contributed by atoms with van der Waals surface area (Å²) < 4.78 is 2.85. The van der Waals surface area contributed by atoms with Gasteiger partial charge in [-0.2, -0.15) is 0 Å². The van der Waals surface area contributed by atoms with Crippen LogP contribution in [0.5, 0.6) is 0 Å². The van der Waals surface area contributed by atoms with E-state index < -0.39 is 30.8 Å². The molecule has 0 aliphatic heterocycles. The Bertz CT molecular complexity index is 166. The van der Waals surface area contributed by atoms with Gasteiger partial charge in [-0.25, -0.2) is 0 Å². The number of hydrogen-bond donors (Lipinski definition) is 0. The van der Waals surface area contributed by atoms with E-state index >= 15 is 0 Å². The first kappa shape index (κ1) is 21.2. The summed E-state index contributed by atoms with van der Waals surface area (Å²) in [5.41, 5.74) is 0. The van der Waals surface area contributed by atoms with Gasteiger partial charge in [0, 0.05) is 0 Å². The average Bonchev–Trinajstić information content (AvgIpc) is 2.17. The van der Waals surface area contributed by atoms with Crippen molar-refractivity contribution in [1.29, 1.82) is 0 Å². The van der Waals surface area contributed by atoms with Crippen molar-refractivity contribution in [3.05, 3.63) is 0 Å². The molecule has 0 heterocycles. The minimum absolute atomic E-state index is 0.403. The Kier molecular flexibility index (Phi) is 12.1. The summed E-state index contributed by atoms with van der Waals surface area (Å²) in [5.74, 6) is 0. The minimum atomic E-state index is -0.915. The molecule has 0 amide bonds. The van der Waals surface area contributed by atoms with E-state index in [9.17, 15) is 0 Å². The first-order chi connectivity index (χ1) is 7.50. The van der Waals surface area contributed by atoms with Gasteiger partial charge in [0.05, 0.1) is 0 Å². The van der Waals surface area contributed by atoms with Crippen molar-refractivity contribution in [2.24, 2.45) is 0 Å². The molecule has 100 valence electrons. The van der Waals surface area contributed by atoms with Gasteiger partial charge in [-0.1, -0.05) is 0 Å². The Morgan fingerprint density at radius 1 is 0.765 bits per heavy atom. The zero-order valence-electron chi connectivity index (χ0n) is 13.8. The fraction of sp³-hybridized carbons (Fsp3) is 1.00. The molecule has 0 atom stereocenters. The van der Waals surface area contributed by atoms with Gasteiger partial charge in [0.1, 0.15) is 0 Å². The maximum absolute atomic E-state index is 2.85. The van der Waals surface area contributed by atoms with Crippen LogP contribution in [0.4, 0.5) is 0 Å². The standard InChI is InChI=1S/C6H15Ge.C6H18NSi2.Hg/c1-4-7(5-2)6-3;1-8(2,3)7-9(4,5)6;/h4-6H2,1-3H3;1-6H3;/q;-1;+1. The fourth-order valence-corrected chi connectivity index (χ4v) is 13.0. The van der Waals surface area contributed by atoms with Crippen molar-refractivity contribution in [1.82, 2.24) is 2.00 Å². The number of nitrogens with zero attached hydrogens (tertiary/aromatic N) is 1. The molecule has 0 aromatic carbocycles. The van der Waals surface area contributed by atoms with Crippen molar-refractivity contribution in [3.63, 3.8) is 0 Å². The van der Waals surface area contributed by atoms with Crippen LogP contribution in [0.2, 0.25) is 55.0 Å². The van der Waals surface area contributed by atoms with Gasteiger partial charge in [-0.15, -0.1) is 0 Å². The molecular weight excluding hydrogens is 488 g/mol. The molecule has 17 heavy (non-hydrogen) atoms. The van der Waals surface area contributed by atoms with E-state index in [1.54, 1.807) is 0 Å². The van der Waals surface area contributed by atoms with E-state index in [0.29, 0.717) is 0 Å². The van der Waals surface area contributed by atoms with Gasteiger partial charge in [0.2, 0.25) is 0 Å². The van der Waals surface area contributed by atoms with Crippen LogP contribution in [0.1, 0.15) is 20.8 Å². The molecule has 0 aromatic rings. The van der Waals surface area contributed by atoms with Crippen LogP contribution in [0.15, 0.2) is 0 Å². The van der Waals surface area contributed by atoms with E-state index in [1.165, 1.54) is 15.8 Å². The third-order valence-corrected chi connectivity index (χ3v) is 38.8. The zero-order valence-corrected chi connectivity index (χ0v) is 23.4. The molecule has 0 rings (SSSR count). The molecule has 0 N–H and O–H groups in total. The summed E-state index contributed by atoms with van der Waals surface area (Å²) in [7, 11) is -1.83. The second kappa shape index (κ2) is 9.72. The third-order valence-electron chi connectivity index (χ3n) is 3.12. The quantitative estimate of drug-likeness (QED) is 0.463. The van der Waals surface area contributed by atoms with Gasteiger partial charge in [0.25, 0.3) is 0 Å². The van der Waals surface area contributed by atoms with Crippen molar-refractivity contribution in [2.45, 2.75) is 75.8 Å². The molecule has 5 heteroatoms. The molecule has 1 radical (unpaired) electrons. The SMILES string of the molecule is C[CH2][Ge]([CH2]C)[CH2]C.C[Si](C)(C)[N]([Hg])[Si](C)(C)C. The molecular formula is C12H33GeHgNSi2. The first-order valence-electron chi connectivity index (χ1n) is 6.95. The number of hydrogen-bond acceptors (Lipinski definition) is 1. The third kappa shape index (κ3) is 11.4. The van der Waals surface area contributed by atoms with Crippen molar-refractivity contribution >= 4 is 30.8 Å². The second-order valence-corrected chi connectivity index (χ2v) is 31.8. The summed E-state index contributed by atoms with van der Waals surface area (Å²) in [4.78, 5) is 0. The van der Waals surface area contributed by atoms with Gasteiger partial charge in [-0.3, -0.25) is 0 Å². The summed E-state index contributed by atoms with van der Waals surface area (Å²) in [6.45, 7) is 21.7. The van der Waals surface area contributed by atoms with E-state index in [-0.39, 0.29) is 0 Å². The van der Waals surface area contributed by atoms with Gasteiger partial charge >= 0.3 is 135 Å². The van der Waals surface area contributed by atoms with Crippen LogP contribution in [-0.4, -0.2) is 32.8 Å². The normalized spacial score (nSPS) is 12.8. The Morgan fingerprint density at radius 2 is 1.00 bits per heavy atom. The maximum atomic E-state index is 2.85. The predicted molar refractivity (Wildman–Crippen MR) is 85.7 cm³/mol. The molecule has 0 spiro atoms. The van der Waals surface area contributed by atoms with Crippen LogP contribution < -0.4 is 0 Å². The van der Waals surface area contributed by atoms with Gasteiger partial charge in [-0.05, 0) is 0 Å². The van der Waals surface area contributed by atoms with Crippen molar-refractivity contribution < 1.29 is 26.4 Å². The Balaban J connectivity index is 0. The van der Waals surface area contributed by atoms with Crippen molar-refractivity contribution in [2.75, 3.05) is 0 Å². The second-order valence-electron chi connectivity index (χ2n) is 6.58. The monoisotopic (exact) mass is 523 g/mol. The van der Waals surface area contributed by atoms with E-state index in [0.717, 1.165) is 26.4 Å². The molecule has 0 unspecified atom stereocenters. The Morgan fingerprint density at radius 3 is 1.00 bits per heavy atom. The summed E-state index contributed by atoms with van der Waals surface area (Å²) in [6, 6.07) is 0. The van der Waals surface area contributed by atoms with E-state index in [4.69, 9.17) is 0 Å². The Hall–Kier alpha value is 1.87. The van der Waals surface area contributed by atoms with E-state index in [2.05, 4.69) is 62.0 Å². The molecule has 1 nitrogen and oxygen atoms in total. The molecule has 0 saturated carbocycles. The predicted octanol–water partition coefficient (Wildman–Crippen LogP) is 4.96. The molecule has 0 saturated heterocycles. The molecule has 0 bridgehead atoms. The Labute approximate surface area is 134 Å². The summed E-state index contributed by atoms with van der Waals surface area (Å²) in [6.07, 6.45) is 0. The first-order valence-corrected chi connectivity index (χ1v) is 20.7. The molecule has 0 aliphatic carbocycles. The summed E-state index contributed by atoms with van der Waals surface area (Å²) >= 11 is 0.451. The number of rotatable bonds is 5. The molecule has 0 aliphatic rings. The van der Waals surface area contributed by atoms with Gasteiger partial charge in [0.15, 0.2) is 0 Å². The van der Waals surface area contributed by atoms with Crippen LogP contribution in [0, 0.1) is 0 Å². The van der Waals surface area contributed by atoms with Crippen LogP contribution in [0.3, 0.4) is 0 Å². The van der Waals surface area contributed by atoms with Crippen LogP contribution in [0.25, 0.3) is 0 Å². The van der Waals surface area contributed by atoms with Gasteiger partial charge < -0.3 is 0 Å².